The van der Waals surface area contributed by atoms with Crippen LogP contribution in [0.15, 0.2) is 6.07 Å². The highest BCUT2D eigenvalue weighted by atomic mass is 19.4. The van der Waals surface area contributed by atoms with Crippen LogP contribution in [0.1, 0.15) is 29.7 Å². The molecule has 0 bridgehead atoms. The maximum atomic E-state index is 12.5. The standard InChI is InChI=1S/C14H14F3N3/c15-14(16,17)11-7-20(8-11)13-10(6-18)5-9-3-1-2-4-12(9)19-13/h5,11H,1-4,7-8H2. The van der Waals surface area contributed by atoms with Crippen molar-refractivity contribution in [1.29, 1.82) is 5.26 Å². The van der Waals surface area contributed by atoms with E-state index in [9.17, 15) is 18.4 Å². The molecule has 20 heavy (non-hydrogen) atoms. The molecule has 0 saturated carbocycles. The number of fused-ring (bicyclic) bond motifs is 1. The van der Waals surface area contributed by atoms with Crippen LogP contribution in [0.5, 0.6) is 0 Å². The summed E-state index contributed by atoms with van der Waals surface area (Å²) in [5.41, 5.74) is 2.41. The summed E-state index contributed by atoms with van der Waals surface area (Å²) < 4.78 is 37.6. The predicted molar refractivity (Wildman–Crippen MR) is 67.4 cm³/mol. The first kappa shape index (κ1) is 13.2. The van der Waals surface area contributed by atoms with Crippen molar-refractivity contribution in [3.8, 4) is 6.07 Å². The summed E-state index contributed by atoms with van der Waals surface area (Å²) in [5, 5.41) is 9.18. The van der Waals surface area contributed by atoms with Gasteiger partial charge in [-0.3, -0.25) is 0 Å². The molecule has 1 aromatic heterocycles. The summed E-state index contributed by atoms with van der Waals surface area (Å²) >= 11 is 0. The minimum atomic E-state index is -4.16. The number of anilines is 1. The summed E-state index contributed by atoms with van der Waals surface area (Å²) in [4.78, 5) is 6.02. The molecule has 3 rings (SSSR count). The molecule has 0 atom stereocenters. The van der Waals surface area contributed by atoms with Gasteiger partial charge in [0.15, 0.2) is 0 Å². The minimum absolute atomic E-state index is 0.0933. The van der Waals surface area contributed by atoms with E-state index in [1.54, 1.807) is 11.0 Å². The van der Waals surface area contributed by atoms with Crippen molar-refractivity contribution in [2.75, 3.05) is 18.0 Å². The Morgan fingerprint density at radius 3 is 2.60 bits per heavy atom. The zero-order valence-corrected chi connectivity index (χ0v) is 10.9. The van der Waals surface area contributed by atoms with E-state index >= 15 is 0 Å². The van der Waals surface area contributed by atoms with Crippen LogP contribution in [-0.2, 0) is 12.8 Å². The molecule has 1 fully saturated rings. The number of nitriles is 1. The molecule has 0 amide bonds. The zero-order valence-electron chi connectivity index (χ0n) is 10.9. The van der Waals surface area contributed by atoms with Crippen molar-refractivity contribution in [2.24, 2.45) is 5.92 Å². The average Bonchev–Trinajstić information content (AvgIpc) is 2.34. The number of rotatable bonds is 1. The first-order valence-corrected chi connectivity index (χ1v) is 6.73. The van der Waals surface area contributed by atoms with Crippen molar-refractivity contribution >= 4 is 5.82 Å². The lowest BCUT2D eigenvalue weighted by Crippen LogP contribution is -2.54. The van der Waals surface area contributed by atoms with E-state index in [0.717, 1.165) is 36.9 Å². The molecule has 6 heteroatoms. The topological polar surface area (TPSA) is 39.9 Å². The number of aryl methyl sites for hydroxylation is 2. The van der Waals surface area contributed by atoms with E-state index in [1.165, 1.54) is 0 Å². The van der Waals surface area contributed by atoms with Crippen LogP contribution in [0.4, 0.5) is 19.0 Å². The van der Waals surface area contributed by atoms with Gasteiger partial charge in [0.05, 0.1) is 11.5 Å². The Labute approximate surface area is 115 Å². The fourth-order valence-electron chi connectivity index (χ4n) is 2.80. The number of alkyl halides is 3. The Kier molecular flexibility index (Phi) is 3.08. The second-order valence-electron chi connectivity index (χ2n) is 5.43. The summed E-state index contributed by atoms with van der Waals surface area (Å²) in [5.74, 6) is -0.875. The second-order valence-corrected chi connectivity index (χ2v) is 5.43. The van der Waals surface area contributed by atoms with Gasteiger partial charge >= 0.3 is 6.18 Å². The molecular weight excluding hydrogens is 267 g/mol. The van der Waals surface area contributed by atoms with Gasteiger partial charge in [0, 0.05) is 18.8 Å². The molecule has 0 radical (unpaired) electrons. The maximum Gasteiger partial charge on any atom is 0.395 e. The quantitative estimate of drug-likeness (QED) is 0.794. The number of nitrogens with zero attached hydrogens (tertiary/aromatic N) is 3. The predicted octanol–water partition coefficient (Wildman–Crippen LogP) is 2.83. The molecular formula is C14H14F3N3. The SMILES string of the molecule is N#Cc1cc2c(nc1N1CC(C(F)(F)F)C1)CCCC2. The summed E-state index contributed by atoms with van der Waals surface area (Å²) in [6, 6.07) is 3.87. The Balaban J connectivity index is 1.86. The average molecular weight is 281 g/mol. The smallest absolute Gasteiger partial charge is 0.354 e. The number of pyridine rings is 1. The lowest BCUT2D eigenvalue weighted by Gasteiger charge is -2.41. The first-order chi connectivity index (χ1) is 9.49. The zero-order chi connectivity index (χ0) is 14.3. The fraction of sp³-hybridized carbons (Fsp3) is 0.571. The van der Waals surface area contributed by atoms with Crippen LogP contribution in [0.2, 0.25) is 0 Å². The van der Waals surface area contributed by atoms with Gasteiger partial charge in [-0.15, -0.1) is 0 Å². The number of aromatic nitrogens is 1. The molecule has 1 aliphatic carbocycles. The molecule has 1 aromatic rings. The molecule has 2 aliphatic rings. The van der Waals surface area contributed by atoms with Crippen LogP contribution in [0.3, 0.4) is 0 Å². The van der Waals surface area contributed by atoms with Gasteiger partial charge in [0.2, 0.25) is 0 Å². The van der Waals surface area contributed by atoms with Crippen molar-refractivity contribution in [3.63, 3.8) is 0 Å². The summed E-state index contributed by atoms with van der Waals surface area (Å²) in [6.45, 7) is -0.187. The molecule has 2 heterocycles. The van der Waals surface area contributed by atoms with Crippen LogP contribution >= 0.6 is 0 Å². The highest BCUT2D eigenvalue weighted by Gasteiger charge is 2.48. The Bertz CT molecular complexity index is 568. The molecule has 1 aliphatic heterocycles. The van der Waals surface area contributed by atoms with E-state index in [0.29, 0.717) is 11.4 Å². The molecule has 0 N–H and O–H groups in total. The Morgan fingerprint density at radius 2 is 1.95 bits per heavy atom. The van der Waals surface area contributed by atoms with Crippen LogP contribution in [0.25, 0.3) is 0 Å². The van der Waals surface area contributed by atoms with Gasteiger partial charge in [-0.05, 0) is 37.3 Å². The number of hydrogen-bond donors (Lipinski definition) is 0. The number of hydrogen-bond acceptors (Lipinski definition) is 3. The highest BCUT2D eigenvalue weighted by molar-refractivity contribution is 5.58. The Hall–Kier alpha value is -1.77. The largest absolute Gasteiger partial charge is 0.395 e. The summed E-state index contributed by atoms with van der Waals surface area (Å²) in [6.07, 6.45) is -0.264. The molecule has 0 aromatic carbocycles. The van der Waals surface area contributed by atoms with E-state index in [2.05, 4.69) is 11.1 Å². The molecule has 0 spiro atoms. The third-order valence-corrected chi connectivity index (χ3v) is 4.05. The molecule has 106 valence electrons. The second kappa shape index (κ2) is 4.65. The van der Waals surface area contributed by atoms with Gasteiger partial charge in [-0.1, -0.05) is 0 Å². The highest BCUT2D eigenvalue weighted by Crippen LogP contribution is 2.37. The van der Waals surface area contributed by atoms with E-state index in [4.69, 9.17) is 0 Å². The Morgan fingerprint density at radius 1 is 1.25 bits per heavy atom. The van der Waals surface area contributed by atoms with Gasteiger partial charge in [-0.2, -0.15) is 18.4 Å². The van der Waals surface area contributed by atoms with Gasteiger partial charge in [0.1, 0.15) is 11.9 Å². The molecule has 0 unspecified atom stereocenters. The van der Waals surface area contributed by atoms with Crippen molar-refractivity contribution in [2.45, 2.75) is 31.9 Å². The lowest BCUT2D eigenvalue weighted by atomic mass is 9.93. The van der Waals surface area contributed by atoms with Gasteiger partial charge < -0.3 is 4.90 Å². The normalized spacial score (nSPS) is 19.2. The van der Waals surface area contributed by atoms with E-state index in [-0.39, 0.29) is 13.1 Å². The van der Waals surface area contributed by atoms with Crippen molar-refractivity contribution in [1.82, 2.24) is 4.98 Å². The van der Waals surface area contributed by atoms with Crippen molar-refractivity contribution < 1.29 is 13.2 Å². The van der Waals surface area contributed by atoms with Crippen molar-refractivity contribution in [3.05, 3.63) is 22.9 Å². The van der Waals surface area contributed by atoms with Crippen LogP contribution < -0.4 is 4.90 Å². The number of halogens is 3. The first-order valence-electron chi connectivity index (χ1n) is 6.73. The third kappa shape index (κ3) is 2.21. The molecule has 1 saturated heterocycles. The van der Waals surface area contributed by atoms with Gasteiger partial charge in [0.25, 0.3) is 0 Å². The van der Waals surface area contributed by atoms with E-state index < -0.39 is 12.1 Å². The van der Waals surface area contributed by atoms with Gasteiger partial charge in [-0.25, -0.2) is 4.98 Å². The summed E-state index contributed by atoms with van der Waals surface area (Å²) in [7, 11) is 0. The fourth-order valence-corrected chi connectivity index (χ4v) is 2.80. The van der Waals surface area contributed by atoms with Crippen LogP contribution in [0, 0.1) is 17.2 Å². The minimum Gasteiger partial charge on any atom is -0.354 e. The third-order valence-electron chi connectivity index (χ3n) is 4.05. The maximum absolute atomic E-state index is 12.5. The molecule has 3 nitrogen and oxygen atoms in total. The lowest BCUT2D eigenvalue weighted by molar-refractivity contribution is -0.180. The monoisotopic (exact) mass is 281 g/mol. The van der Waals surface area contributed by atoms with E-state index in [1.807, 2.05) is 0 Å². The van der Waals surface area contributed by atoms with Crippen LogP contribution in [-0.4, -0.2) is 24.2 Å².